The molecule has 176 valence electrons. The van der Waals surface area contributed by atoms with Gasteiger partial charge >= 0.3 is 6.18 Å². The van der Waals surface area contributed by atoms with Crippen LogP contribution in [-0.4, -0.2) is 69.4 Å². The number of anilines is 2. The Morgan fingerprint density at radius 3 is 2.73 bits per heavy atom. The molecule has 0 radical (unpaired) electrons. The maximum absolute atomic E-state index is 14.1. The highest BCUT2D eigenvalue weighted by molar-refractivity contribution is 5.89. The van der Waals surface area contributed by atoms with E-state index in [9.17, 15) is 22.7 Å². The molecule has 2 aliphatic rings. The van der Waals surface area contributed by atoms with Crippen molar-refractivity contribution in [3.05, 3.63) is 36.0 Å². The van der Waals surface area contributed by atoms with Gasteiger partial charge in [-0.25, -0.2) is 9.07 Å². The third kappa shape index (κ3) is 4.32. The standard InChI is InChI=1S/C21H23F4N7O/c22-16-10-31(11-17(16)33)18-15-9-27-32(14-5-1-3-12(7-14)21(23,24)25)19(15)30-20(29-18)28-13-4-2-6-26-8-13/h1,3,5,7,9,13,16-17,26,33H,2,4,6,8,10-11H2,(H,28,29,30)/t13-,16-,17-/m0/s1. The minimum Gasteiger partial charge on any atom is -0.388 e. The van der Waals surface area contributed by atoms with Gasteiger partial charge in [0.2, 0.25) is 5.95 Å². The van der Waals surface area contributed by atoms with E-state index in [0.717, 1.165) is 38.1 Å². The summed E-state index contributed by atoms with van der Waals surface area (Å²) in [6.45, 7) is 1.65. The van der Waals surface area contributed by atoms with Crippen LogP contribution in [0.3, 0.4) is 0 Å². The third-order valence-electron chi connectivity index (χ3n) is 5.98. The summed E-state index contributed by atoms with van der Waals surface area (Å²) in [7, 11) is 0. The van der Waals surface area contributed by atoms with E-state index >= 15 is 0 Å². The largest absolute Gasteiger partial charge is 0.416 e. The molecule has 5 rings (SSSR count). The second kappa shape index (κ2) is 8.41. The Balaban J connectivity index is 1.60. The van der Waals surface area contributed by atoms with Crippen LogP contribution in [0.5, 0.6) is 0 Å². The van der Waals surface area contributed by atoms with Crippen LogP contribution in [0.15, 0.2) is 30.5 Å². The molecule has 0 amide bonds. The fraction of sp³-hybridized carbons (Fsp3) is 0.476. The predicted octanol–water partition coefficient (Wildman–Crippen LogP) is 2.52. The van der Waals surface area contributed by atoms with E-state index in [0.29, 0.717) is 16.9 Å². The number of aliphatic hydroxyl groups excluding tert-OH is 1. The molecule has 2 fully saturated rings. The first-order valence-electron chi connectivity index (χ1n) is 10.8. The number of hydrogen-bond acceptors (Lipinski definition) is 7. The molecule has 1 aromatic carbocycles. The van der Waals surface area contributed by atoms with Crippen molar-refractivity contribution in [3.8, 4) is 5.69 Å². The number of nitrogens with zero attached hydrogens (tertiary/aromatic N) is 5. The molecule has 3 atom stereocenters. The number of aromatic nitrogens is 4. The molecule has 4 heterocycles. The van der Waals surface area contributed by atoms with E-state index in [1.54, 1.807) is 4.90 Å². The normalized spacial score (nSPS) is 23.9. The molecule has 0 unspecified atom stereocenters. The molecular formula is C21H23F4N7O. The van der Waals surface area contributed by atoms with Gasteiger partial charge in [0.05, 0.1) is 29.4 Å². The maximum atomic E-state index is 14.1. The Morgan fingerprint density at radius 1 is 1.18 bits per heavy atom. The average Bonchev–Trinajstić information content (AvgIpc) is 3.36. The van der Waals surface area contributed by atoms with E-state index < -0.39 is 24.0 Å². The molecular weight excluding hydrogens is 442 g/mol. The second-order valence-electron chi connectivity index (χ2n) is 8.39. The van der Waals surface area contributed by atoms with Crippen LogP contribution in [0, 0.1) is 0 Å². The molecule has 0 bridgehead atoms. The molecule has 2 saturated heterocycles. The van der Waals surface area contributed by atoms with Crippen LogP contribution in [0.2, 0.25) is 0 Å². The van der Waals surface area contributed by atoms with Crippen LogP contribution < -0.4 is 15.5 Å². The number of aliphatic hydroxyl groups is 1. The van der Waals surface area contributed by atoms with Crippen molar-refractivity contribution in [1.29, 1.82) is 0 Å². The second-order valence-corrected chi connectivity index (χ2v) is 8.39. The minimum atomic E-state index is -4.50. The Labute approximate surface area is 186 Å². The van der Waals surface area contributed by atoms with Gasteiger partial charge in [-0.1, -0.05) is 6.07 Å². The van der Waals surface area contributed by atoms with Gasteiger partial charge in [-0.2, -0.15) is 28.2 Å². The fourth-order valence-electron chi connectivity index (χ4n) is 4.28. The average molecular weight is 465 g/mol. The zero-order valence-corrected chi connectivity index (χ0v) is 17.6. The van der Waals surface area contributed by atoms with Gasteiger partial charge < -0.3 is 20.6 Å². The van der Waals surface area contributed by atoms with Gasteiger partial charge in [0.15, 0.2) is 5.65 Å². The Morgan fingerprint density at radius 2 is 2.03 bits per heavy atom. The van der Waals surface area contributed by atoms with Crippen molar-refractivity contribution < 1.29 is 22.7 Å². The Hall–Kier alpha value is -2.99. The number of hydrogen-bond donors (Lipinski definition) is 3. The summed E-state index contributed by atoms with van der Waals surface area (Å²) in [5, 5.41) is 21.2. The number of benzene rings is 1. The van der Waals surface area contributed by atoms with Gasteiger partial charge in [-0.05, 0) is 37.6 Å². The number of rotatable bonds is 4. The van der Waals surface area contributed by atoms with E-state index in [1.165, 1.54) is 23.0 Å². The summed E-state index contributed by atoms with van der Waals surface area (Å²) in [5.74, 6) is 0.653. The molecule has 3 N–H and O–H groups in total. The van der Waals surface area contributed by atoms with Crippen molar-refractivity contribution in [2.75, 3.05) is 36.4 Å². The third-order valence-corrected chi connectivity index (χ3v) is 5.98. The first kappa shape index (κ1) is 21.8. The predicted molar refractivity (Wildman–Crippen MR) is 114 cm³/mol. The molecule has 33 heavy (non-hydrogen) atoms. The minimum absolute atomic E-state index is 0.0481. The van der Waals surface area contributed by atoms with Gasteiger partial charge in [0.25, 0.3) is 0 Å². The SMILES string of the molecule is O[C@H]1CN(c2nc(N[C@H]3CCCNC3)nc3c2cnn3-c2cccc(C(F)(F)F)c2)C[C@@H]1F. The van der Waals surface area contributed by atoms with Crippen molar-refractivity contribution >= 4 is 22.8 Å². The van der Waals surface area contributed by atoms with Crippen LogP contribution in [0.25, 0.3) is 16.7 Å². The highest BCUT2D eigenvalue weighted by atomic mass is 19.4. The highest BCUT2D eigenvalue weighted by Crippen LogP contribution is 2.33. The van der Waals surface area contributed by atoms with E-state index in [2.05, 4.69) is 25.7 Å². The summed E-state index contributed by atoms with van der Waals surface area (Å²) >= 11 is 0. The quantitative estimate of drug-likeness (QED) is 0.510. The Bertz CT molecular complexity index is 1140. The van der Waals surface area contributed by atoms with Crippen LogP contribution in [-0.2, 0) is 6.18 Å². The Kier molecular flexibility index (Phi) is 5.57. The summed E-state index contributed by atoms with van der Waals surface area (Å²) in [4.78, 5) is 10.7. The molecule has 12 heteroatoms. The first-order chi connectivity index (χ1) is 15.8. The lowest BCUT2D eigenvalue weighted by molar-refractivity contribution is -0.137. The number of alkyl halides is 4. The first-order valence-corrected chi connectivity index (χ1v) is 10.8. The van der Waals surface area contributed by atoms with Crippen LogP contribution >= 0.6 is 0 Å². The smallest absolute Gasteiger partial charge is 0.388 e. The number of fused-ring (bicyclic) bond motifs is 1. The van der Waals surface area contributed by atoms with Gasteiger partial charge in [0, 0.05) is 19.1 Å². The monoisotopic (exact) mass is 465 g/mol. The van der Waals surface area contributed by atoms with Crippen LogP contribution in [0.4, 0.5) is 29.3 Å². The lowest BCUT2D eigenvalue weighted by Crippen LogP contribution is -2.39. The molecule has 0 spiro atoms. The molecule has 3 aromatic rings. The zero-order chi connectivity index (χ0) is 23.2. The molecule has 0 saturated carbocycles. The van der Waals surface area contributed by atoms with Crippen molar-refractivity contribution in [2.45, 2.75) is 37.3 Å². The van der Waals surface area contributed by atoms with Gasteiger partial charge in [-0.3, -0.25) is 0 Å². The van der Waals surface area contributed by atoms with Crippen LogP contribution in [0.1, 0.15) is 18.4 Å². The van der Waals surface area contributed by atoms with E-state index in [1.807, 2.05) is 0 Å². The lowest BCUT2D eigenvalue weighted by atomic mass is 10.1. The van der Waals surface area contributed by atoms with Crippen molar-refractivity contribution in [3.63, 3.8) is 0 Å². The van der Waals surface area contributed by atoms with Crippen molar-refractivity contribution in [2.24, 2.45) is 0 Å². The van der Waals surface area contributed by atoms with Crippen molar-refractivity contribution in [1.82, 2.24) is 25.1 Å². The van der Waals surface area contributed by atoms with E-state index in [-0.39, 0.29) is 30.8 Å². The van der Waals surface area contributed by atoms with Gasteiger partial charge in [0.1, 0.15) is 18.1 Å². The number of halogens is 4. The van der Waals surface area contributed by atoms with E-state index in [4.69, 9.17) is 0 Å². The zero-order valence-electron chi connectivity index (χ0n) is 17.6. The number of nitrogens with one attached hydrogen (secondary N) is 2. The molecule has 0 aliphatic carbocycles. The van der Waals surface area contributed by atoms with Gasteiger partial charge in [-0.15, -0.1) is 0 Å². The summed E-state index contributed by atoms with van der Waals surface area (Å²) in [6.07, 6.45) is -3.72. The lowest BCUT2D eigenvalue weighted by Gasteiger charge is -2.25. The fourth-order valence-corrected chi connectivity index (χ4v) is 4.28. The highest BCUT2D eigenvalue weighted by Gasteiger charge is 2.34. The summed E-state index contributed by atoms with van der Waals surface area (Å²) in [6, 6.07) is 4.89. The maximum Gasteiger partial charge on any atom is 0.416 e. The number of β-amino-alcohol motifs (C(OH)–C–C–N with tert-alkyl or cyclic N) is 1. The number of piperidine rings is 1. The molecule has 8 nitrogen and oxygen atoms in total. The summed E-state index contributed by atoms with van der Waals surface area (Å²) in [5.41, 5.74) is -0.311. The topological polar surface area (TPSA) is 91.1 Å². The summed E-state index contributed by atoms with van der Waals surface area (Å²) < 4.78 is 55.1. The molecule has 2 aliphatic heterocycles. The molecule has 2 aromatic heterocycles.